The van der Waals surface area contributed by atoms with Crippen LogP contribution < -0.4 is 10.9 Å². The van der Waals surface area contributed by atoms with E-state index < -0.39 is 5.41 Å². The van der Waals surface area contributed by atoms with Crippen LogP contribution in [0.15, 0.2) is 18.5 Å². The second-order valence-electron chi connectivity index (χ2n) is 6.60. The molecule has 0 aromatic carbocycles. The number of rotatable bonds is 7. The average molecular weight is 334 g/mol. The topological polar surface area (TPSA) is 94.6 Å². The molecule has 0 atom stereocenters. The summed E-state index contributed by atoms with van der Waals surface area (Å²) in [6, 6.07) is 1.85. The second kappa shape index (κ2) is 8.10. The number of hydrazine groups is 1. The molecule has 1 aliphatic carbocycles. The molecule has 0 radical (unpaired) electrons. The summed E-state index contributed by atoms with van der Waals surface area (Å²) in [5.41, 5.74) is 6.54. The summed E-state index contributed by atoms with van der Waals surface area (Å²) in [5.74, 6) is 0.393. The predicted molar refractivity (Wildman–Crippen MR) is 90.0 cm³/mol. The highest BCUT2D eigenvalue weighted by molar-refractivity contribution is 5.84. The zero-order valence-corrected chi connectivity index (χ0v) is 14.3. The molecule has 2 rings (SSSR count). The first-order chi connectivity index (χ1) is 11.5. The van der Waals surface area contributed by atoms with Crippen molar-refractivity contribution in [1.82, 2.24) is 15.5 Å². The fourth-order valence-electron chi connectivity index (χ4n) is 3.29. The van der Waals surface area contributed by atoms with Gasteiger partial charge in [-0.05, 0) is 50.2 Å². The molecule has 0 saturated heterocycles. The molecule has 0 unspecified atom stereocenters. The Morgan fingerprint density at radius 3 is 2.79 bits per heavy atom. The lowest BCUT2D eigenvalue weighted by molar-refractivity contribution is -0.163. The van der Waals surface area contributed by atoms with Gasteiger partial charge in [0.05, 0.1) is 23.8 Å². The molecule has 1 saturated carbocycles. The molecule has 24 heavy (non-hydrogen) atoms. The number of nitrogens with zero attached hydrogens (tertiary/aromatic N) is 2. The summed E-state index contributed by atoms with van der Waals surface area (Å²) < 4.78 is 0. The number of nitrogens with one attached hydrogen (secondary N) is 2. The normalized spacial score (nSPS) is 23.4. The lowest BCUT2D eigenvalue weighted by Crippen LogP contribution is -2.51. The molecule has 0 spiro atoms. The molecule has 132 valence electrons. The van der Waals surface area contributed by atoms with Gasteiger partial charge in [0.2, 0.25) is 12.3 Å². The van der Waals surface area contributed by atoms with E-state index in [0.717, 1.165) is 30.5 Å². The van der Waals surface area contributed by atoms with E-state index in [1.165, 1.54) is 0 Å². The molecule has 1 fully saturated rings. The molecule has 2 amide bonds. The Hall–Kier alpha value is -2.15. The summed E-state index contributed by atoms with van der Waals surface area (Å²) in [5, 5.41) is 10.2. The predicted octanol–water partition coefficient (Wildman–Crippen LogP) is 2.27. The minimum absolute atomic E-state index is 0.00642. The Balaban J connectivity index is 2.07. The van der Waals surface area contributed by atoms with Gasteiger partial charge in [-0.15, -0.1) is 0 Å². The standard InChI is InChI=1S/C17H26N4O3/c1-3-14-4-7-17(8-5-14,11-21(24)12-22)16(23)20-19-15-10-18-9-6-13(15)2/h6,9-10,12,14,19,24H,3-5,7-8,11H2,1-2H3,(H,20,23). The summed E-state index contributed by atoms with van der Waals surface area (Å²) in [6.45, 7) is 4.07. The van der Waals surface area contributed by atoms with Crippen LogP contribution in [0.4, 0.5) is 5.69 Å². The molecule has 7 nitrogen and oxygen atoms in total. The Bertz CT molecular complexity index is 571. The van der Waals surface area contributed by atoms with E-state index >= 15 is 0 Å². The largest absolute Gasteiger partial charge is 0.297 e. The van der Waals surface area contributed by atoms with E-state index in [9.17, 15) is 14.8 Å². The molecule has 1 aliphatic rings. The fourth-order valence-corrected chi connectivity index (χ4v) is 3.29. The SMILES string of the molecule is CCC1CCC(CN(O)C=O)(C(=O)NNc2cnccc2C)CC1. The van der Waals surface area contributed by atoms with E-state index in [0.29, 0.717) is 30.2 Å². The van der Waals surface area contributed by atoms with E-state index in [-0.39, 0.29) is 12.5 Å². The zero-order valence-electron chi connectivity index (χ0n) is 14.3. The number of carbonyl (C=O) groups is 2. The molecule has 3 N–H and O–H groups in total. The minimum atomic E-state index is -0.773. The summed E-state index contributed by atoms with van der Waals surface area (Å²) in [6.07, 6.45) is 7.89. The van der Waals surface area contributed by atoms with E-state index in [1.54, 1.807) is 12.4 Å². The molecule has 7 heteroatoms. The number of carbonyl (C=O) groups excluding carboxylic acids is 2. The number of aromatic nitrogens is 1. The number of hydroxylamine groups is 2. The summed E-state index contributed by atoms with van der Waals surface area (Å²) >= 11 is 0. The molecular weight excluding hydrogens is 308 g/mol. The maximum absolute atomic E-state index is 12.8. The lowest BCUT2D eigenvalue weighted by atomic mass is 9.69. The van der Waals surface area contributed by atoms with Crippen molar-refractivity contribution in [2.45, 2.75) is 46.0 Å². The average Bonchev–Trinajstić information content (AvgIpc) is 2.61. The van der Waals surface area contributed by atoms with Gasteiger partial charge in [0, 0.05) is 6.20 Å². The number of aryl methyl sites for hydroxylation is 1. The van der Waals surface area contributed by atoms with Crippen LogP contribution in [0.5, 0.6) is 0 Å². The minimum Gasteiger partial charge on any atom is -0.297 e. The van der Waals surface area contributed by atoms with Crippen molar-refractivity contribution in [2.75, 3.05) is 12.0 Å². The molecule has 1 aromatic rings. The number of hydrogen-bond acceptors (Lipinski definition) is 5. The Morgan fingerprint density at radius 1 is 1.50 bits per heavy atom. The van der Waals surface area contributed by atoms with Crippen molar-refractivity contribution in [1.29, 1.82) is 0 Å². The highest BCUT2D eigenvalue weighted by Gasteiger charge is 2.43. The number of hydrogen-bond donors (Lipinski definition) is 3. The first-order valence-corrected chi connectivity index (χ1v) is 8.38. The Labute approximate surface area is 142 Å². The maximum Gasteiger partial charge on any atom is 0.246 e. The molecular formula is C17H26N4O3. The first kappa shape index (κ1) is 18.2. The maximum atomic E-state index is 12.8. The third-order valence-corrected chi connectivity index (χ3v) is 5.06. The summed E-state index contributed by atoms with van der Waals surface area (Å²) in [7, 11) is 0. The van der Waals surface area contributed by atoms with Gasteiger partial charge in [-0.1, -0.05) is 13.3 Å². The lowest BCUT2D eigenvalue weighted by Gasteiger charge is -2.39. The van der Waals surface area contributed by atoms with Crippen LogP contribution in [0.2, 0.25) is 0 Å². The monoisotopic (exact) mass is 334 g/mol. The van der Waals surface area contributed by atoms with E-state index in [4.69, 9.17) is 0 Å². The first-order valence-electron chi connectivity index (χ1n) is 8.38. The van der Waals surface area contributed by atoms with E-state index in [1.807, 2.05) is 13.0 Å². The second-order valence-corrected chi connectivity index (χ2v) is 6.60. The van der Waals surface area contributed by atoms with Gasteiger partial charge in [-0.2, -0.15) is 0 Å². The Morgan fingerprint density at radius 2 is 2.21 bits per heavy atom. The van der Waals surface area contributed by atoms with Gasteiger partial charge in [0.1, 0.15) is 0 Å². The number of amides is 2. The Kier molecular flexibility index (Phi) is 6.14. The zero-order chi connectivity index (χ0) is 17.6. The van der Waals surface area contributed by atoms with Crippen molar-refractivity contribution < 1.29 is 14.8 Å². The van der Waals surface area contributed by atoms with Gasteiger partial charge in [-0.3, -0.25) is 30.6 Å². The third kappa shape index (κ3) is 4.23. The van der Waals surface area contributed by atoms with Gasteiger partial charge in [0.15, 0.2) is 0 Å². The fraction of sp³-hybridized carbons (Fsp3) is 0.588. The van der Waals surface area contributed by atoms with Crippen LogP contribution in [0.25, 0.3) is 0 Å². The van der Waals surface area contributed by atoms with Gasteiger partial charge < -0.3 is 0 Å². The number of anilines is 1. The van der Waals surface area contributed by atoms with Gasteiger partial charge in [-0.25, -0.2) is 5.06 Å². The van der Waals surface area contributed by atoms with Crippen molar-refractivity contribution >= 4 is 18.0 Å². The smallest absolute Gasteiger partial charge is 0.246 e. The van der Waals surface area contributed by atoms with Crippen molar-refractivity contribution in [3.05, 3.63) is 24.0 Å². The molecule has 0 bridgehead atoms. The highest BCUT2D eigenvalue weighted by atomic mass is 16.5. The van der Waals surface area contributed by atoms with Crippen LogP contribution in [0.1, 0.15) is 44.6 Å². The summed E-state index contributed by atoms with van der Waals surface area (Å²) in [4.78, 5) is 27.6. The van der Waals surface area contributed by atoms with Gasteiger partial charge in [0.25, 0.3) is 0 Å². The quantitative estimate of drug-likeness (QED) is 0.404. The molecule has 1 aromatic heterocycles. The van der Waals surface area contributed by atoms with Crippen LogP contribution in [0, 0.1) is 18.3 Å². The van der Waals surface area contributed by atoms with Crippen molar-refractivity contribution in [3.8, 4) is 0 Å². The van der Waals surface area contributed by atoms with Crippen molar-refractivity contribution in [2.24, 2.45) is 11.3 Å². The number of pyridine rings is 1. The molecule has 0 aliphatic heterocycles. The van der Waals surface area contributed by atoms with Crippen LogP contribution in [0.3, 0.4) is 0 Å². The van der Waals surface area contributed by atoms with Crippen LogP contribution in [-0.2, 0) is 9.59 Å². The molecule has 1 heterocycles. The van der Waals surface area contributed by atoms with E-state index in [2.05, 4.69) is 22.8 Å². The van der Waals surface area contributed by atoms with Crippen molar-refractivity contribution in [3.63, 3.8) is 0 Å². The van der Waals surface area contributed by atoms with Crippen LogP contribution in [-0.4, -0.2) is 34.1 Å². The van der Waals surface area contributed by atoms with Crippen LogP contribution >= 0.6 is 0 Å². The third-order valence-electron chi connectivity index (χ3n) is 5.06. The van der Waals surface area contributed by atoms with Gasteiger partial charge >= 0.3 is 0 Å². The highest BCUT2D eigenvalue weighted by Crippen LogP contribution is 2.40.